The van der Waals surface area contributed by atoms with Crippen LogP contribution < -0.4 is 11.1 Å². The van der Waals surface area contributed by atoms with Crippen LogP contribution in [0, 0.1) is 0 Å². The van der Waals surface area contributed by atoms with Crippen LogP contribution in [0.2, 0.25) is 0 Å². The third kappa shape index (κ3) is 5.51. The van der Waals surface area contributed by atoms with Crippen molar-refractivity contribution >= 4 is 29.9 Å². The first-order valence-corrected chi connectivity index (χ1v) is 4.84. The van der Waals surface area contributed by atoms with Crippen molar-refractivity contribution in [2.24, 2.45) is 10.7 Å². The predicted octanol–water partition coefficient (Wildman–Crippen LogP) is 1.25. The lowest BCUT2D eigenvalue weighted by Gasteiger charge is -2.07. The van der Waals surface area contributed by atoms with Gasteiger partial charge in [0.1, 0.15) is 12.4 Å². The minimum Gasteiger partial charge on any atom is -0.370 e. The number of nitrogens with one attached hydrogen (secondary N) is 2. The summed E-state index contributed by atoms with van der Waals surface area (Å²) in [7, 11) is 0. The molecule has 0 aromatic carbocycles. The lowest BCUT2D eigenvalue weighted by molar-refractivity contribution is -0.144. The maximum atomic E-state index is 12.2. The summed E-state index contributed by atoms with van der Waals surface area (Å²) in [6.45, 7) is 3.63. The number of aromatic nitrogens is 3. The van der Waals surface area contributed by atoms with Gasteiger partial charge in [0.15, 0.2) is 5.96 Å². The molecule has 0 unspecified atom stereocenters. The first kappa shape index (κ1) is 16.9. The summed E-state index contributed by atoms with van der Waals surface area (Å²) >= 11 is 0. The van der Waals surface area contributed by atoms with Gasteiger partial charge in [0, 0.05) is 6.04 Å². The first-order valence-electron chi connectivity index (χ1n) is 4.84. The summed E-state index contributed by atoms with van der Waals surface area (Å²) in [6.07, 6.45) is -4.56. The van der Waals surface area contributed by atoms with Crippen molar-refractivity contribution in [1.29, 1.82) is 0 Å². The predicted molar refractivity (Wildman–Crippen MR) is 70.4 cm³/mol. The van der Waals surface area contributed by atoms with E-state index in [1.807, 2.05) is 13.8 Å². The maximum absolute atomic E-state index is 12.2. The van der Waals surface area contributed by atoms with Crippen LogP contribution in [0.15, 0.2) is 4.99 Å². The second-order valence-corrected chi connectivity index (χ2v) is 3.60. The molecule has 0 aliphatic carbocycles. The molecule has 0 aliphatic rings. The molecule has 104 valence electrons. The normalized spacial score (nSPS) is 12.4. The first-order chi connectivity index (χ1) is 7.79. The number of hydrogen-bond acceptors (Lipinski definition) is 3. The minimum atomic E-state index is -4.56. The van der Waals surface area contributed by atoms with E-state index < -0.39 is 12.0 Å². The molecule has 1 heterocycles. The van der Waals surface area contributed by atoms with Gasteiger partial charge in [-0.1, -0.05) is 0 Å². The molecule has 0 fully saturated rings. The van der Waals surface area contributed by atoms with Crippen LogP contribution in [-0.4, -0.2) is 27.2 Å². The van der Waals surface area contributed by atoms with Crippen molar-refractivity contribution in [3.8, 4) is 0 Å². The molecule has 6 nitrogen and oxygen atoms in total. The van der Waals surface area contributed by atoms with E-state index in [1.54, 1.807) is 0 Å². The van der Waals surface area contributed by atoms with Gasteiger partial charge in [-0.3, -0.25) is 5.10 Å². The molecule has 1 rings (SSSR count). The Morgan fingerprint density at radius 2 is 2.11 bits per heavy atom. The highest BCUT2D eigenvalue weighted by Crippen LogP contribution is 2.25. The number of rotatable bonds is 3. The topological polar surface area (TPSA) is 92.0 Å². The summed E-state index contributed by atoms with van der Waals surface area (Å²) in [5.74, 6) is -1.06. The van der Waals surface area contributed by atoms with E-state index in [2.05, 4.69) is 25.5 Å². The van der Waals surface area contributed by atoms with E-state index in [0.717, 1.165) is 0 Å². The van der Waals surface area contributed by atoms with Gasteiger partial charge in [0.05, 0.1) is 0 Å². The summed E-state index contributed by atoms with van der Waals surface area (Å²) in [6, 6.07) is 0.0965. The highest BCUT2D eigenvalue weighted by Gasteiger charge is 2.35. The molecule has 10 heteroatoms. The number of H-pyrrole nitrogens is 1. The lowest BCUT2D eigenvalue weighted by Crippen LogP contribution is -2.36. The summed E-state index contributed by atoms with van der Waals surface area (Å²) in [4.78, 5) is 7.06. The van der Waals surface area contributed by atoms with Gasteiger partial charge in [-0.15, -0.1) is 29.1 Å². The molecule has 0 radical (unpaired) electrons. The van der Waals surface area contributed by atoms with Crippen LogP contribution in [-0.2, 0) is 12.7 Å². The van der Waals surface area contributed by atoms with Gasteiger partial charge in [0.2, 0.25) is 0 Å². The molecule has 4 N–H and O–H groups in total. The molecule has 0 bridgehead atoms. The Balaban J connectivity index is 0.00000289. The Morgan fingerprint density at radius 3 is 2.56 bits per heavy atom. The van der Waals surface area contributed by atoms with E-state index in [9.17, 15) is 13.2 Å². The Bertz CT molecular complexity index is 400. The zero-order valence-corrected chi connectivity index (χ0v) is 12.1. The molecular formula is C8H14F3IN6. The van der Waals surface area contributed by atoms with Crippen LogP contribution in [0.25, 0.3) is 0 Å². The number of nitrogens with zero attached hydrogens (tertiary/aromatic N) is 3. The molecule has 1 aromatic heterocycles. The second-order valence-electron chi connectivity index (χ2n) is 3.60. The molecule has 1 aromatic rings. The number of aromatic amines is 1. The monoisotopic (exact) mass is 378 g/mol. The van der Waals surface area contributed by atoms with Crippen LogP contribution in [0.5, 0.6) is 0 Å². The van der Waals surface area contributed by atoms with Crippen LogP contribution >= 0.6 is 24.0 Å². The lowest BCUT2D eigenvalue weighted by atomic mass is 10.4. The van der Waals surface area contributed by atoms with Crippen molar-refractivity contribution in [2.75, 3.05) is 0 Å². The van der Waals surface area contributed by atoms with Crippen LogP contribution in [0.1, 0.15) is 25.5 Å². The van der Waals surface area contributed by atoms with Crippen molar-refractivity contribution in [3.63, 3.8) is 0 Å². The summed E-state index contributed by atoms with van der Waals surface area (Å²) in [5, 5.41) is 7.98. The molecule has 0 aliphatic heterocycles. The number of alkyl halides is 3. The maximum Gasteiger partial charge on any atom is 0.453 e. The number of nitrogens with two attached hydrogens (primary N) is 1. The Hall–Kier alpha value is -1.07. The third-order valence-corrected chi connectivity index (χ3v) is 1.62. The van der Waals surface area contributed by atoms with Gasteiger partial charge in [0.25, 0.3) is 5.82 Å². The van der Waals surface area contributed by atoms with Crippen molar-refractivity contribution < 1.29 is 13.2 Å². The highest BCUT2D eigenvalue weighted by molar-refractivity contribution is 14.0. The second kappa shape index (κ2) is 6.75. The van der Waals surface area contributed by atoms with E-state index in [4.69, 9.17) is 5.73 Å². The standard InChI is InChI=1S/C8H13F3N6.HI/c1-4(2)14-7(12)13-3-5-15-6(17-16-5)8(9,10)11;/h4H,3H2,1-2H3,(H3,12,13,14)(H,15,16,17);1H. The van der Waals surface area contributed by atoms with Gasteiger partial charge in [-0.25, -0.2) is 9.98 Å². The average molecular weight is 378 g/mol. The van der Waals surface area contributed by atoms with Gasteiger partial charge in [-0.05, 0) is 13.8 Å². The van der Waals surface area contributed by atoms with Gasteiger partial charge >= 0.3 is 6.18 Å². The zero-order valence-electron chi connectivity index (χ0n) is 9.75. The zero-order chi connectivity index (χ0) is 13.1. The van der Waals surface area contributed by atoms with Crippen molar-refractivity contribution in [2.45, 2.75) is 32.6 Å². The minimum absolute atomic E-state index is 0. The summed E-state index contributed by atoms with van der Waals surface area (Å²) in [5.41, 5.74) is 5.47. The molecule has 0 spiro atoms. The number of aliphatic imine (C=N–C) groups is 1. The molecule has 0 atom stereocenters. The average Bonchev–Trinajstić information content (AvgIpc) is 2.61. The number of halogens is 4. The molecule has 0 saturated heterocycles. The van der Waals surface area contributed by atoms with Gasteiger partial charge < -0.3 is 11.1 Å². The Labute approximate surface area is 119 Å². The van der Waals surface area contributed by atoms with Crippen molar-refractivity contribution in [1.82, 2.24) is 20.5 Å². The fourth-order valence-corrected chi connectivity index (χ4v) is 0.994. The van der Waals surface area contributed by atoms with Crippen molar-refractivity contribution in [3.05, 3.63) is 11.6 Å². The molecule has 0 amide bonds. The van der Waals surface area contributed by atoms with Gasteiger partial charge in [-0.2, -0.15) is 13.2 Å². The Morgan fingerprint density at radius 1 is 1.50 bits per heavy atom. The SMILES string of the molecule is CC(C)NC(N)=NCc1nc(C(F)(F)F)n[nH]1.I. The molecule has 18 heavy (non-hydrogen) atoms. The largest absolute Gasteiger partial charge is 0.453 e. The van der Waals surface area contributed by atoms with E-state index >= 15 is 0 Å². The van der Waals surface area contributed by atoms with E-state index in [-0.39, 0.29) is 48.3 Å². The Kier molecular flexibility index (Phi) is 6.35. The van der Waals surface area contributed by atoms with Crippen LogP contribution in [0.4, 0.5) is 13.2 Å². The molecule has 0 saturated carbocycles. The van der Waals surface area contributed by atoms with Crippen LogP contribution in [0.3, 0.4) is 0 Å². The summed E-state index contributed by atoms with van der Waals surface area (Å²) < 4.78 is 36.5. The highest BCUT2D eigenvalue weighted by atomic mass is 127. The fourth-order valence-electron chi connectivity index (χ4n) is 0.994. The smallest absolute Gasteiger partial charge is 0.370 e. The number of hydrogen-bond donors (Lipinski definition) is 3. The quantitative estimate of drug-likeness (QED) is 0.420. The molecular weight excluding hydrogens is 364 g/mol. The third-order valence-electron chi connectivity index (χ3n) is 1.62. The van der Waals surface area contributed by atoms with E-state index in [1.165, 1.54) is 0 Å². The fraction of sp³-hybridized carbons (Fsp3) is 0.625. The van der Waals surface area contributed by atoms with E-state index in [0.29, 0.717) is 0 Å². The number of guanidine groups is 1.